The summed E-state index contributed by atoms with van der Waals surface area (Å²) in [5, 5.41) is 3.59. The number of unbranched alkanes of at least 4 members (excludes halogenated alkanes) is 1. The fourth-order valence-electron chi connectivity index (χ4n) is 2.99. The number of fused-ring (bicyclic) bond motifs is 1. The highest BCUT2D eigenvalue weighted by molar-refractivity contribution is 7.17. The summed E-state index contributed by atoms with van der Waals surface area (Å²) < 4.78 is 0. The van der Waals surface area contributed by atoms with Gasteiger partial charge >= 0.3 is 0 Å². The van der Waals surface area contributed by atoms with Crippen LogP contribution in [0.15, 0.2) is 23.6 Å². The molecule has 0 bridgehead atoms. The van der Waals surface area contributed by atoms with Crippen LogP contribution in [0.3, 0.4) is 0 Å². The minimum atomic E-state index is 0.315. The molecular formula is C19H22ClN3S. The van der Waals surface area contributed by atoms with Gasteiger partial charge in [-0.1, -0.05) is 37.1 Å². The lowest BCUT2D eigenvalue weighted by molar-refractivity contribution is 0.761. The second kappa shape index (κ2) is 7.08. The van der Waals surface area contributed by atoms with Gasteiger partial charge in [0.2, 0.25) is 5.28 Å². The molecule has 3 nitrogen and oxygen atoms in total. The minimum absolute atomic E-state index is 0.315. The molecule has 0 aliphatic rings. The van der Waals surface area contributed by atoms with Crippen LogP contribution in [0.2, 0.25) is 5.28 Å². The zero-order valence-corrected chi connectivity index (χ0v) is 16.1. The first-order valence-corrected chi connectivity index (χ1v) is 9.50. The van der Waals surface area contributed by atoms with Gasteiger partial charge < -0.3 is 4.90 Å². The molecule has 2 heterocycles. The van der Waals surface area contributed by atoms with E-state index in [0.29, 0.717) is 5.28 Å². The van der Waals surface area contributed by atoms with E-state index in [0.717, 1.165) is 35.4 Å². The fraction of sp³-hybridized carbons (Fsp3) is 0.368. The maximum Gasteiger partial charge on any atom is 0.225 e. The second-order valence-electron chi connectivity index (χ2n) is 6.24. The number of benzene rings is 1. The molecule has 0 unspecified atom stereocenters. The molecule has 3 aromatic rings. The number of hydrogen-bond acceptors (Lipinski definition) is 4. The molecule has 5 heteroatoms. The Morgan fingerprint density at radius 3 is 2.67 bits per heavy atom. The minimum Gasteiger partial charge on any atom is -0.359 e. The summed E-state index contributed by atoms with van der Waals surface area (Å²) in [5.74, 6) is 0.926. The summed E-state index contributed by atoms with van der Waals surface area (Å²) in [6.45, 7) is 7.43. The van der Waals surface area contributed by atoms with E-state index in [9.17, 15) is 0 Å². The van der Waals surface area contributed by atoms with Crippen LogP contribution in [-0.4, -0.2) is 23.6 Å². The lowest BCUT2D eigenvalue weighted by atomic mass is 9.99. The van der Waals surface area contributed by atoms with Crippen molar-refractivity contribution in [1.29, 1.82) is 0 Å². The first kappa shape index (κ1) is 17.2. The topological polar surface area (TPSA) is 29.0 Å². The van der Waals surface area contributed by atoms with Crippen molar-refractivity contribution in [1.82, 2.24) is 9.97 Å². The van der Waals surface area contributed by atoms with E-state index in [2.05, 4.69) is 66.3 Å². The van der Waals surface area contributed by atoms with Crippen LogP contribution in [0.5, 0.6) is 0 Å². The van der Waals surface area contributed by atoms with Crippen molar-refractivity contribution in [2.75, 3.05) is 18.5 Å². The van der Waals surface area contributed by atoms with Gasteiger partial charge in [-0.2, -0.15) is 4.98 Å². The van der Waals surface area contributed by atoms with Gasteiger partial charge in [0.15, 0.2) is 0 Å². The highest BCUT2D eigenvalue weighted by atomic mass is 35.5. The molecular weight excluding hydrogens is 338 g/mol. The van der Waals surface area contributed by atoms with Crippen LogP contribution >= 0.6 is 22.9 Å². The molecule has 3 rings (SSSR count). The summed E-state index contributed by atoms with van der Waals surface area (Å²) in [4.78, 5) is 12.1. The van der Waals surface area contributed by atoms with Crippen LogP contribution in [0.25, 0.3) is 21.3 Å². The van der Waals surface area contributed by atoms with Crippen molar-refractivity contribution in [3.05, 3.63) is 40.0 Å². The van der Waals surface area contributed by atoms with Gasteiger partial charge in [-0.25, -0.2) is 4.98 Å². The summed E-state index contributed by atoms with van der Waals surface area (Å²) in [7, 11) is 2.08. The molecule has 0 saturated heterocycles. The number of hydrogen-bond donors (Lipinski definition) is 0. The maximum atomic E-state index is 6.17. The zero-order valence-electron chi connectivity index (χ0n) is 14.6. The molecule has 0 spiro atoms. The van der Waals surface area contributed by atoms with Crippen molar-refractivity contribution in [3.8, 4) is 11.1 Å². The van der Waals surface area contributed by atoms with Gasteiger partial charge in [0.05, 0.1) is 5.39 Å². The third kappa shape index (κ3) is 3.26. The lowest BCUT2D eigenvalue weighted by Crippen LogP contribution is -2.20. The maximum absolute atomic E-state index is 6.17. The molecule has 1 aromatic carbocycles. The Hall–Kier alpha value is -1.65. The Bertz CT molecular complexity index is 872. The van der Waals surface area contributed by atoms with Crippen LogP contribution in [0, 0.1) is 13.8 Å². The summed E-state index contributed by atoms with van der Waals surface area (Å²) >= 11 is 7.80. The summed E-state index contributed by atoms with van der Waals surface area (Å²) in [6, 6.07) is 6.57. The first-order valence-electron chi connectivity index (χ1n) is 8.24. The highest BCUT2D eigenvalue weighted by Gasteiger charge is 2.18. The zero-order chi connectivity index (χ0) is 17.3. The normalized spacial score (nSPS) is 11.2. The van der Waals surface area contributed by atoms with Gasteiger partial charge in [0.25, 0.3) is 0 Å². The molecule has 2 aromatic heterocycles. The predicted octanol–water partition coefficient (Wildman–Crippen LogP) is 5.86. The molecule has 0 atom stereocenters. The second-order valence-corrected chi connectivity index (χ2v) is 7.44. The fourth-order valence-corrected chi connectivity index (χ4v) is 4.14. The molecule has 0 saturated carbocycles. The van der Waals surface area contributed by atoms with Crippen LogP contribution < -0.4 is 4.90 Å². The number of thiophene rings is 1. The van der Waals surface area contributed by atoms with Crippen LogP contribution in [0.4, 0.5) is 5.82 Å². The van der Waals surface area contributed by atoms with E-state index in [1.54, 1.807) is 11.3 Å². The van der Waals surface area contributed by atoms with Gasteiger partial charge in [-0.15, -0.1) is 11.3 Å². The number of aromatic nitrogens is 2. The summed E-state index contributed by atoms with van der Waals surface area (Å²) in [5.41, 5.74) is 4.98. The van der Waals surface area contributed by atoms with Gasteiger partial charge in [-0.05, 0) is 43.0 Å². The van der Waals surface area contributed by atoms with Crippen molar-refractivity contribution < 1.29 is 0 Å². The smallest absolute Gasteiger partial charge is 0.225 e. The lowest BCUT2D eigenvalue weighted by Gasteiger charge is -2.19. The molecule has 0 amide bonds. The van der Waals surface area contributed by atoms with Crippen LogP contribution in [0.1, 0.15) is 30.9 Å². The van der Waals surface area contributed by atoms with E-state index in [4.69, 9.17) is 11.6 Å². The number of halogens is 1. The first-order chi connectivity index (χ1) is 11.5. The van der Waals surface area contributed by atoms with E-state index >= 15 is 0 Å². The van der Waals surface area contributed by atoms with Crippen molar-refractivity contribution >= 4 is 39.0 Å². The van der Waals surface area contributed by atoms with E-state index in [-0.39, 0.29) is 0 Å². The van der Waals surface area contributed by atoms with Crippen LogP contribution in [-0.2, 0) is 0 Å². The van der Waals surface area contributed by atoms with Crippen molar-refractivity contribution in [2.45, 2.75) is 33.6 Å². The Balaban J connectivity index is 2.19. The number of anilines is 1. The van der Waals surface area contributed by atoms with Crippen molar-refractivity contribution in [3.63, 3.8) is 0 Å². The Morgan fingerprint density at radius 2 is 1.96 bits per heavy atom. The van der Waals surface area contributed by atoms with E-state index in [1.807, 2.05) is 0 Å². The molecule has 0 aliphatic heterocycles. The molecule has 0 fully saturated rings. The molecule has 126 valence electrons. The van der Waals surface area contributed by atoms with E-state index in [1.165, 1.54) is 22.3 Å². The van der Waals surface area contributed by atoms with E-state index < -0.39 is 0 Å². The number of nitrogens with zero attached hydrogens (tertiary/aromatic N) is 3. The van der Waals surface area contributed by atoms with Gasteiger partial charge in [0, 0.05) is 24.5 Å². The highest BCUT2D eigenvalue weighted by Crippen LogP contribution is 2.40. The number of aryl methyl sites for hydroxylation is 2. The predicted molar refractivity (Wildman–Crippen MR) is 106 cm³/mol. The van der Waals surface area contributed by atoms with Gasteiger partial charge in [-0.3, -0.25) is 0 Å². The monoisotopic (exact) mass is 359 g/mol. The molecule has 0 radical (unpaired) electrons. The average Bonchev–Trinajstić information content (AvgIpc) is 2.95. The third-order valence-corrected chi connectivity index (χ3v) is 5.31. The molecule has 24 heavy (non-hydrogen) atoms. The number of rotatable bonds is 5. The Labute approximate surface area is 152 Å². The Kier molecular flexibility index (Phi) is 5.07. The third-order valence-electron chi connectivity index (χ3n) is 4.27. The largest absolute Gasteiger partial charge is 0.359 e. The molecule has 0 aliphatic carbocycles. The van der Waals surface area contributed by atoms with Gasteiger partial charge in [0.1, 0.15) is 10.6 Å². The average molecular weight is 360 g/mol. The standard InChI is InChI=1S/C19H22ClN3S/c1-5-6-9-23(4)17-16-15(11-24-18(16)22-19(20)21-17)14-8-7-12(2)10-13(14)3/h7-8,10-11H,5-6,9H2,1-4H3. The quantitative estimate of drug-likeness (QED) is 0.534. The molecule has 0 N–H and O–H groups in total. The Morgan fingerprint density at radius 1 is 1.17 bits per heavy atom. The van der Waals surface area contributed by atoms with Crippen molar-refractivity contribution in [2.24, 2.45) is 0 Å². The SMILES string of the molecule is CCCCN(C)c1nc(Cl)nc2scc(-c3ccc(C)cc3C)c12. The summed E-state index contributed by atoms with van der Waals surface area (Å²) in [6.07, 6.45) is 2.28.